The fourth-order valence-corrected chi connectivity index (χ4v) is 2.38. The number of rotatable bonds is 5. The quantitative estimate of drug-likeness (QED) is 0.839. The van der Waals surface area contributed by atoms with Crippen molar-refractivity contribution in [3.63, 3.8) is 0 Å². The number of hydrogen-bond donors (Lipinski definition) is 2. The summed E-state index contributed by atoms with van der Waals surface area (Å²) in [4.78, 5) is 10.7. The highest BCUT2D eigenvalue weighted by Crippen LogP contribution is 2.33. The Morgan fingerprint density at radius 2 is 2.39 bits per heavy atom. The van der Waals surface area contributed by atoms with Crippen molar-refractivity contribution in [2.75, 3.05) is 6.54 Å². The van der Waals surface area contributed by atoms with Crippen molar-refractivity contribution in [1.29, 1.82) is 0 Å². The van der Waals surface area contributed by atoms with E-state index in [1.165, 1.54) is 18.1 Å². The van der Waals surface area contributed by atoms with Gasteiger partial charge in [-0.05, 0) is 49.6 Å². The summed E-state index contributed by atoms with van der Waals surface area (Å²) in [6.45, 7) is 4.60. The van der Waals surface area contributed by atoms with Crippen LogP contribution in [-0.4, -0.2) is 23.7 Å². The maximum Gasteiger partial charge on any atom is 0.344 e. The molecule has 18 heavy (non-hydrogen) atoms. The molecule has 1 aromatic rings. The molecule has 0 saturated carbocycles. The van der Waals surface area contributed by atoms with E-state index < -0.39 is 12.1 Å². The summed E-state index contributed by atoms with van der Waals surface area (Å²) in [5.41, 5.74) is 2.57. The number of aliphatic carboxylic acids is 1. The van der Waals surface area contributed by atoms with Gasteiger partial charge in [0.25, 0.3) is 0 Å². The average Bonchev–Trinajstić information content (AvgIpc) is 2.72. The van der Waals surface area contributed by atoms with Gasteiger partial charge in [-0.3, -0.25) is 0 Å². The van der Waals surface area contributed by atoms with Crippen LogP contribution in [0.4, 0.5) is 0 Å². The van der Waals surface area contributed by atoms with Crippen LogP contribution < -0.4 is 10.1 Å². The Bertz CT molecular complexity index is 445. The third kappa shape index (κ3) is 2.64. The lowest BCUT2D eigenvalue weighted by molar-refractivity contribution is -0.144. The number of aryl methyl sites for hydroxylation is 1. The molecule has 1 aliphatic rings. The minimum atomic E-state index is -0.943. The fraction of sp³-hybridized carbons (Fsp3) is 0.500. The van der Waals surface area contributed by atoms with Gasteiger partial charge in [0, 0.05) is 6.04 Å². The van der Waals surface area contributed by atoms with Crippen LogP contribution in [0, 0.1) is 0 Å². The second-order valence-corrected chi connectivity index (χ2v) is 4.61. The second-order valence-electron chi connectivity index (χ2n) is 4.61. The van der Waals surface area contributed by atoms with Crippen LogP contribution in [0.2, 0.25) is 0 Å². The van der Waals surface area contributed by atoms with Gasteiger partial charge in [-0.15, -0.1) is 0 Å². The molecule has 0 bridgehead atoms. The number of hydrogen-bond acceptors (Lipinski definition) is 3. The first-order valence-electron chi connectivity index (χ1n) is 6.37. The molecule has 2 unspecified atom stereocenters. The predicted molar refractivity (Wildman–Crippen MR) is 68.9 cm³/mol. The summed E-state index contributed by atoms with van der Waals surface area (Å²) in [5.74, 6) is -0.304. The van der Waals surface area contributed by atoms with Crippen molar-refractivity contribution in [2.45, 2.75) is 38.8 Å². The monoisotopic (exact) mass is 249 g/mol. The lowest BCUT2D eigenvalue weighted by atomic mass is 10.1. The molecule has 98 valence electrons. The third-order valence-corrected chi connectivity index (χ3v) is 3.30. The Morgan fingerprint density at radius 1 is 1.61 bits per heavy atom. The van der Waals surface area contributed by atoms with Crippen molar-refractivity contribution in [1.82, 2.24) is 5.32 Å². The number of carboxylic acid groups (broad SMARTS) is 1. The highest BCUT2D eigenvalue weighted by atomic mass is 16.5. The summed E-state index contributed by atoms with van der Waals surface area (Å²) >= 11 is 0. The average molecular weight is 249 g/mol. The van der Waals surface area contributed by atoms with Gasteiger partial charge >= 0.3 is 5.97 Å². The first-order valence-corrected chi connectivity index (χ1v) is 6.37. The molecule has 0 radical (unpaired) electrons. The SMILES string of the molecule is CCNC1CCc2cc(OC(C)C(=O)O)ccc21. The highest BCUT2D eigenvalue weighted by molar-refractivity contribution is 5.72. The lowest BCUT2D eigenvalue weighted by Gasteiger charge is -2.14. The van der Waals surface area contributed by atoms with E-state index in [4.69, 9.17) is 9.84 Å². The van der Waals surface area contributed by atoms with Crippen LogP contribution >= 0.6 is 0 Å². The second kappa shape index (κ2) is 5.40. The van der Waals surface area contributed by atoms with E-state index in [0.717, 1.165) is 19.4 Å². The molecule has 1 aliphatic carbocycles. The Balaban J connectivity index is 2.12. The lowest BCUT2D eigenvalue weighted by Crippen LogP contribution is -2.23. The standard InChI is InChI=1S/C14H19NO3/c1-3-15-13-7-4-10-8-11(5-6-12(10)13)18-9(2)14(16)17/h5-6,8-9,13,15H,3-4,7H2,1-2H3,(H,16,17). The number of ether oxygens (including phenoxy) is 1. The zero-order valence-electron chi connectivity index (χ0n) is 10.8. The van der Waals surface area contributed by atoms with Crippen molar-refractivity contribution < 1.29 is 14.6 Å². The van der Waals surface area contributed by atoms with Crippen molar-refractivity contribution in [3.8, 4) is 5.75 Å². The summed E-state index contributed by atoms with van der Waals surface area (Å²) in [6.07, 6.45) is 1.31. The predicted octanol–water partition coefficient (Wildman–Crippen LogP) is 2.14. The zero-order chi connectivity index (χ0) is 13.1. The normalized spacial score (nSPS) is 19.3. The smallest absolute Gasteiger partial charge is 0.344 e. The van der Waals surface area contributed by atoms with Gasteiger partial charge in [0.15, 0.2) is 6.10 Å². The highest BCUT2D eigenvalue weighted by Gasteiger charge is 2.22. The minimum absolute atomic E-state index is 0.427. The molecular formula is C14H19NO3. The van der Waals surface area contributed by atoms with E-state index in [2.05, 4.69) is 12.2 Å². The molecule has 2 atom stereocenters. The Hall–Kier alpha value is -1.55. The summed E-state index contributed by atoms with van der Waals surface area (Å²) in [5, 5.41) is 12.3. The zero-order valence-corrected chi connectivity index (χ0v) is 10.8. The maximum absolute atomic E-state index is 10.7. The van der Waals surface area contributed by atoms with Gasteiger partial charge in [-0.1, -0.05) is 13.0 Å². The molecule has 0 amide bonds. The molecule has 2 N–H and O–H groups in total. The molecule has 0 aromatic heterocycles. The number of carbonyl (C=O) groups is 1. The van der Waals surface area contributed by atoms with Crippen LogP contribution in [-0.2, 0) is 11.2 Å². The molecular weight excluding hydrogens is 230 g/mol. The number of fused-ring (bicyclic) bond motifs is 1. The number of benzene rings is 1. The van der Waals surface area contributed by atoms with Crippen LogP contribution in [0.1, 0.15) is 37.4 Å². The van der Waals surface area contributed by atoms with Crippen molar-refractivity contribution in [3.05, 3.63) is 29.3 Å². The minimum Gasteiger partial charge on any atom is -0.479 e. The molecule has 0 spiro atoms. The number of carboxylic acids is 1. The van der Waals surface area contributed by atoms with Gasteiger partial charge in [0.05, 0.1) is 0 Å². The molecule has 0 saturated heterocycles. The Kier molecular flexibility index (Phi) is 3.87. The topological polar surface area (TPSA) is 58.6 Å². The van der Waals surface area contributed by atoms with Crippen LogP contribution in [0.5, 0.6) is 5.75 Å². The van der Waals surface area contributed by atoms with Gasteiger partial charge in [-0.25, -0.2) is 4.79 Å². The van der Waals surface area contributed by atoms with Gasteiger partial charge < -0.3 is 15.2 Å². The summed E-state index contributed by atoms with van der Waals surface area (Å²) < 4.78 is 5.38. The van der Waals surface area contributed by atoms with Gasteiger partial charge in [0.1, 0.15) is 5.75 Å². The van der Waals surface area contributed by atoms with Crippen LogP contribution in [0.15, 0.2) is 18.2 Å². The largest absolute Gasteiger partial charge is 0.479 e. The maximum atomic E-state index is 10.7. The first kappa shape index (κ1) is 12.9. The van der Waals surface area contributed by atoms with Crippen LogP contribution in [0.3, 0.4) is 0 Å². The molecule has 2 rings (SSSR count). The van der Waals surface area contributed by atoms with E-state index in [9.17, 15) is 4.79 Å². The molecule has 0 aliphatic heterocycles. The van der Waals surface area contributed by atoms with E-state index in [1.54, 1.807) is 0 Å². The summed E-state index contributed by atoms with van der Waals surface area (Å²) in [6, 6.07) is 6.29. The van der Waals surface area contributed by atoms with E-state index in [-0.39, 0.29) is 0 Å². The molecule has 0 fully saturated rings. The Morgan fingerprint density at radius 3 is 3.06 bits per heavy atom. The summed E-state index contributed by atoms with van der Waals surface area (Å²) in [7, 11) is 0. The van der Waals surface area contributed by atoms with E-state index in [0.29, 0.717) is 11.8 Å². The third-order valence-electron chi connectivity index (χ3n) is 3.30. The molecule has 4 nitrogen and oxygen atoms in total. The Labute approximate surface area is 107 Å². The molecule has 1 aromatic carbocycles. The van der Waals surface area contributed by atoms with E-state index in [1.807, 2.05) is 18.2 Å². The first-order chi connectivity index (χ1) is 8.61. The van der Waals surface area contributed by atoms with Crippen molar-refractivity contribution in [2.24, 2.45) is 0 Å². The number of nitrogens with one attached hydrogen (secondary N) is 1. The molecule has 0 heterocycles. The van der Waals surface area contributed by atoms with Gasteiger partial charge in [0.2, 0.25) is 0 Å². The van der Waals surface area contributed by atoms with E-state index >= 15 is 0 Å². The fourth-order valence-electron chi connectivity index (χ4n) is 2.38. The van der Waals surface area contributed by atoms with Crippen LogP contribution in [0.25, 0.3) is 0 Å². The van der Waals surface area contributed by atoms with Crippen molar-refractivity contribution >= 4 is 5.97 Å². The van der Waals surface area contributed by atoms with Gasteiger partial charge in [-0.2, -0.15) is 0 Å². The molecule has 4 heteroatoms.